The minimum absolute atomic E-state index is 0.0416. The number of hydrogen-bond donors (Lipinski definition) is 2. The maximum Gasteiger partial charge on any atom is 0.266 e. The predicted molar refractivity (Wildman–Crippen MR) is 70.7 cm³/mol. The number of amides is 1. The zero-order valence-corrected chi connectivity index (χ0v) is 10.3. The van der Waals surface area contributed by atoms with E-state index in [1.807, 2.05) is 6.07 Å². The third-order valence-corrected chi connectivity index (χ3v) is 2.11. The Kier molecular flexibility index (Phi) is 5.56. The van der Waals surface area contributed by atoms with E-state index >= 15 is 0 Å². The number of aromatic amines is 1. The molecule has 0 fully saturated rings. The first-order chi connectivity index (χ1) is 9.22. The molecule has 0 aromatic carbocycles. The lowest BCUT2D eigenvalue weighted by molar-refractivity contribution is -0.125. The van der Waals surface area contributed by atoms with Crippen molar-refractivity contribution in [3.63, 3.8) is 0 Å². The summed E-state index contributed by atoms with van der Waals surface area (Å²) in [6.07, 6.45) is 5.76. The van der Waals surface area contributed by atoms with Crippen LogP contribution in [0.2, 0.25) is 0 Å². The van der Waals surface area contributed by atoms with Gasteiger partial charge in [-0.05, 0) is 0 Å². The number of carbonyl (C=O) groups is 1. The fourth-order valence-corrected chi connectivity index (χ4v) is 1.28. The number of nitrogens with zero attached hydrogens (tertiary/aromatic N) is 4. The first-order valence-electron chi connectivity index (χ1n) is 5.46. The summed E-state index contributed by atoms with van der Waals surface area (Å²) < 4.78 is 0. The topological polar surface area (TPSA) is 97.7 Å². The van der Waals surface area contributed by atoms with Gasteiger partial charge in [0, 0.05) is 19.3 Å². The third kappa shape index (κ3) is 4.12. The highest BCUT2D eigenvalue weighted by atomic mass is 16.2. The molecular weight excluding hydrogens is 244 g/mol. The van der Waals surface area contributed by atoms with Gasteiger partial charge in [0.1, 0.15) is 18.0 Å². The number of aromatic nitrogens is 3. The van der Waals surface area contributed by atoms with Crippen molar-refractivity contribution >= 4 is 11.9 Å². The molecule has 98 valence electrons. The van der Waals surface area contributed by atoms with E-state index in [9.17, 15) is 4.79 Å². The summed E-state index contributed by atoms with van der Waals surface area (Å²) in [7, 11) is 0. The Labute approximate surface area is 110 Å². The number of anilines is 1. The number of rotatable bonds is 7. The first-order valence-corrected chi connectivity index (χ1v) is 5.46. The summed E-state index contributed by atoms with van der Waals surface area (Å²) in [6, 6.07) is 1.84. The van der Waals surface area contributed by atoms with Gasteiger partial charge in [0.25, 0.3) is 5.91 Å². The van der Waals surface area contributed by atoms with E-state index < -0.39 is 5.91 Å². The molecule has 19 heavy (non-hydrogen) atoms. The standard InChI is InChI=1S/C12H14N6O/c1-3-5-18(6-4-2)11(19)10(7-13)8-14-12-15-9-16-17-12/h3-4,8-9H,1-2,5-6H2,(H2,14,15,16,17)/b10-8-. The molecule has 1 amide bonds. The number of nitrogens with one attached hydrogen (secondary N) is 2. The molecule has 1 rings (SSSR count). The molecule has 0 aliphatic rings. The fourth-order valence-electron chi connectivity index (χ4n) is 1.28. The molecule has 7 nitrogen and oxygen atoms in total. The van der Waals surface area contributed by atoms with E-state index in [-0.39, 0.29) is 5.57 Å². The van der Waals surface area contributed by atoms with E-state index in [0.29, 0.717) is 19.0 Å². The van der Waals surface area contributed by atoms with Crippen LogP contribution in [-0.4, -0.2) is 39.1 Å². The second-order valence-corrected chi connectivity index (χ2v) is 3.44. The monoisotopic (exact) mass is 258 g/mol. The molecule has 0 bridgehead atoms. The Morgan fingerprint density at radius 3 is 2.68 bits per heavy atom. The minimum Gasteiger partial charge on any atom is -0.331 e. The lowest BCUT2D eigenvalue weighted by Gasteiger charge is -2.18. The van der Waals surface area contributed by atoms with E-state index in [1.54, 1.807) is 12.2 Å². The number of nitriles is 1. The smallest absolute Gasteiger partial charge is 0.266 e. The zero-order chi connectivity index (χ0) is 14.1. The van der Waals surface area contributed by atoms with Crippen molar-refractivity contribution in [2.75, 3.05) is 18.4 Å². The van der Waals surface area contributed by atoms with Gasteiger partial charge in [0.05, 0.1) is 0 Å². The van der Waals surface area contributed by atoms with E-state index in [2.05, 4.69) is 33.7 Å². The summed E-state index contributed by atoms with van der Waals surface area (Å²) in [4.78, 5) is 17.3. The molecule has 0 aliphatic carbocycles. The van der Waals surface area contributed by atoms with Crippen LogP contribution in [-0.2, 0) is 4.79 Å². The van der Waals surface area contributed by atoms with Gasteiger partial charge in [-0.25, -0.2) is 5.10 Å². The van der Waals surface area contributed by atoms with Crippen LogP contribution < -0.4 is 5.32 Å². The fraction of sp³-hybridized carbons (Fsp3) is 0.167. The van der Waals surface area contributed by atoms with Gasteiger partial charge in [-0.3, -0.25) is 4.79 Å². The van der Waals surface area contributed by atoms with Crippen LogP contribution in [0.3, 0.4) is 0 Å². The number of carbonyl (C=O) groups excluding carboxylic acids is 1. The SMILES string of the molecule is C=CCN(CC=C)C(=O)/C(C#N)=C\Nc1ncn[nH]1. The normalized spacial score (nSPS) is 10.4. The largest absolute Gasteiger partial charge is 0.331 e. The van der Waals surface area contributed by atoms with Crippen LogP contribution in [0.1, 0.15) is 0 Å². The number of hydrogen-bond acceptors (Lipinski definition) is 5. The van der Waals surface area contributed by atoms with Crippen molar-refractivity contribution < 1.29 is 4.79 Å². The van der Waals surface area contributed by atoms with Crippen molar-refractivity contribution in [1.29, 1.82) is 5.26 Å². The van der Waals surface area contributed by atoms with Gasteiger partial charge in [-0.15, -0.1) is 13.2 Å². The van der Waals surface area contributed by atoms with Gasteiger partial charge in [0.2, 0.25) is 5.95 Å². The molecule has 0 aliphatic heterocycles. The van der Waals surface area contributed by atoms with Crippen molar-refractivity contribution in [2.45, 2.75) is 0 Å². The Bertz CT molecular complexity index is 501. The molecule has 0 saturated heterocycles. The summed E-state index contributed by atoms with van der Waals surface area (Å²) in [6.45, 7) is 7.81. The van der Waals surface area contributed by atoms with Crippen molar-refractivity contribution in [3.05, 3.63) is 43.4 Å². The Morgan fingerprint density at radius 2 is 2.21 bits per heavy atom. The Hall–Kier alpha value is -2.88. The van der Waals surface area contributed by atoms with Crippen molar-refractivity contribution in [2.24, 2.45) is 0 Å². The van der Waals surface area contributed by atoms with Gasteiger partial charge >= 0.3 is 0 Å². The molecule has 7 heteroatoms. The van der Waals surface area contributed by atoms with E-state index in [4.69, 9.17) is 5.26 Å². The summed E-state index contributed by atoms with van der Waals surface area (Å²) in [5.41, 5.74) is -0.0416. The van der Waals surface area contributed by atoms with Crippen LogP contribution in [0.4, 0.5) is 5.95 Å². The van der Waals surface area contributed by atoms with E-state index in [0.717, 1.165) is 0 Å². The highest BCUT2D eigenvalue weighted by molar-refractivity contribution is 5.97. The molecule has 0 radical (unpaired) electrons. The minimum atomic E-state index is -0.408. The Balaban J connectivity index is 2.79. The van der Waals surface area contributed by atoms with E-state index in [1.165, 1.54) is 17.4 Å². The molecule has 2 N–H and O–H groups in total. The second-order valence-electron chi connectivity index (χ2n) is 3.44. The molecule has 1 heterocycles. The third-order valence-electron chi connectivity index (χ3n) is 2.11. The quantitative estimate of drug-likeness (QED) is 0.429. The van der Waals surface area contributed by atoms with Gasteiger partial charge in [-0.2, -0.15) is 15.3 Å². The first kappa shape index (κ1) is 14.2. The molecule has 1 aromatic heterocycles. The van der Waals surface area contributed by atoms with Crippen molar-refractivity contribution in [1.82, 2.24) is 20.1 Å². The van der Waals surface area contributed by atoms with Crippen LogP contribution in [0, 0.1) is 11.3 Å². The molecule has 0 spiro atoms. The average Bonchev–Trinajstić information content (AvgIpc) is 2.92. The number of H-pyrrole nitrogens is 1. The van der Waals surface area contributed by atoms with Gasteiger partial charge in [0.15, 0.2) is 0 Å². The molecule has 1 aromatic rings. The zero-order valence-electron chi connectivity index (χ0n) is 10.3. The predicted octanol–water partition coefficient (Wildman–Crippen LogP) is 0.825. The molecule has 0 unspecified atom stereocenters. The van der Waals surface area contributed by atoms with Crippen molar-refractivity contribution in [3.8, 4) is 6.07 Å². The highest BCUT2D eigenvalue weighted by Gasteiger charge is 2.16. The lowest BCUT2D eigenvalue weighted by Crippen LogP contribution is -2.32. The van der Waals surface area contributed by atoms with Crippen LogP contribution in [0.25, 0.3) is 0 Å². The van der Waals surface area contributed by atoms with Crippen LogP contribution in [0.15, 0.2) is 43.4 Å². The van der Waals surface area contributed by atoms with Gasteiger partial charge < -0.3 is 10.2 Å². The summed E-state index contributed by atoms with van der Waals surface area (Å²) in [5, 5.41) is 17.9. The maximum absolute atomic E-state index is 12.1. The second kappa shape index (κ2) is 7.45. The highest BCUT2D eigenvalue weighted by Crippen LogP contribution is 2.03. The lowest BCUT2D eigenvalue weighted by atomic mass is 10.2. The summed E-state index contributed by atoms with van der Waals surface area (Å²) in [5.74, 6) is -0.0612. The molecule has 0 atom stereocenters. The molecular formula is C12H14N6O. The van der Waals surface area contributed by atoms with Gasteiger partial charge in [-0.1, -0.05) is 12.2 Å². The Morgan fingerprint density at radius 1 is 1.53 bits per heavy atom. The maximum atomic E-state index is 12.1. The van der Waals surface area contributed by atoms with Crippen LogP contribution >= 0.6 is 0 Å². The van der Waals surface area contributed by atoms with Crippen LogP contribution in [0.5, 0.6) is 0 Å². The summed E-state index contributed by atoms with van der Waals surface area (Å²) >= 11 is 0. The average molecular weight is 258 g/mol. The molecule has 0 saturated carbocycles.